The van der Waals surface area contributed by atoms with E-state index in [2.05, 4.69) is 0 Å². The van der Waals surface area contributed by atoms with Crippen LogP contribution >= 0.6 is 0 Å². The number of benzene rings is 1. The highest BCUT2D eigenvalue weighted by molar-refractivity contribution is 6.05. The van der Waals surface area contributed by atoms with Gasteiger partial charge in [-0.1, -0.05) is 0 Å². The van der Waals surface area contributed by atoms with Crippen molar-refractivity contribution in [2.75, 3.05) is 20.4 Å². The zero-order chi connectivity index (χ0) is 16.5. The smallest absolute Gasteiger partial charge is 0.231 e. The van der Waals surface area contributed by atoms with E-state index in [-0.39, 0.29) is 18.5 Å². The molecular weight excluding hydrogens is 310 g/mol. The minimum atomic E-state index is -0.599. The molecule has 6 nitrogen and oxygen atoms in total. The van der Waals surface area contributed by atoms with Gasteiger partial charge in [-0.25, -0.2) is 0 Å². The summed E-state index contributed by atoms with van der Waals surface area (Å²) in [5, 5.41) is 0. The van der Waals surface area contributed by atoms with Gasteiger partial charge in [0.1, 0.15) is 0 Å². The predicted molar refractivity (Wildman–Crippen MR) is 82.8 cm³/mol. The van der Waals surface area contributed by atoms with Gasteiger partial charge in [0.25, 0.3) is 0 Å². The molecule has 5 rings (SSSR count). The number of ketones is 1. The Morgan fingerprint density at radius 2 is 2.00 bits per heavy atom. The summed E-state index contributed by atoms with van der Waals surface area (Å²) < 4.78 is 16.3. The largest absolute Gasteiger partial charge is 0.493 e. The van der Waals surface area contributed by atoms with Gasteiger partial charge < -0.3 is 19.1 Å². The van der Waals surface area contributed by atoms with Gasteiger partial charge in [0.15, 0.2) is 17.3 Å². The van der Waals surface area contributed by atoms with Crippen molar-refractivity contribution in [1.82, 2.24) is 4.90 Å². The second kappa shape index (κ2) is 4.53. The molecule has 124 valence electrons. The number of nitrogens with zero attached hydrogens (tertiary/aromatic N) is 1. The molecule has 0 unspecified atom stereocenters. The first kappa shape index (κ1) is 13.9. The van der Waals surface area contributed by atoms with Gasteiger partial charge in [0.05, 0.1) is 18.6 Å². The number of hydrogen-bond acceptors (Lipinski definition) is 5. The van der Waals surface area contributed by atoms with Crippen LogP contribution in [0.4, 0.5) is 0 Å². The summed E-state index contributed by atoms with van der Waals surface area (Å²) >= 11 is 0. The molecule has 24 heavy (non-hydrogen) atoms. The maximum absolute atomic E-state index is 13.0. The molecule has 0 radical (unpaired) electrons. The first-order valence-electron chi connectivity index (χ1n) is 8.18. The van der Waals surface area contributed by atoms with Gasteiger partial charge in [0, 0.05) is 13.0 Å². The van der Waals surface area contributed by atoms with E-state index in [0.29, 0.717) is 43.1 Å². The molecule has 2 atom stereocenters. The first-order valence-corrected chi connectivity index (χ1v) is 8.18. The number of hydrogen-bond donors (Lipinski definition) is 0. The van der Waals surface area contributed by atoms with Crippen LogP contribution in [0.2, 0.25) is 0 Å². The molecule has 6 heteroatoms. The third-order valence-electron chi connectivity index (χ3n) is 5.70. The highest BCUT2D eigenvalue weighted by Gasteiger charge is 2.58. The summed E-state index contributed by atoms with van der Waals surface area (Å²) in [5.74, 6) is 1.35. The van der Waals surface area contributed by atoms with Crippen molar-refractivity contribution in [2.24, 2.45) is 0 Å². The van der Waals surface area contributed by atoms with Crippen LogP contribution in [0.15, 0.2) is 24.0 Å². The van der Waals surface area contributed by atoms with Gasteiger partial charge >= 0.3 is 0 Å². The van der Waals surface area contributed by atoms with Crippen molar-refractivity contribution < 1.29 is 23.8 Å². The van der Waals surface area contributed by atoms with E-state index >= 15 is 0 Å². The molecule has 1 saturated heterocycles. The maximum Gasteiger partial charge on any atom is 0.231 e. The van der Waals surface area contributed by atoms with Crippen molar-refractivity contribution >= 4 is 11.7 Å². The molecule has 3 heterocycles. The second-order valence-corrected chi connectivity index (χ2v) is 6.70. The third kappa shape index (κ3) is 1.56. The Balaban J connectivity index is 1.74. The van der Waals surface area contributed by atoms with Crippen molar-refractivity contribution in [2.45, 2.75) is 30.7 Å². The van der Waals surface area contributed by atoms with Crippen LogP contribution in [0.1, 0.15) is 29.9 Å². The van der Waals surface area contributed by atoms with Gasteiger partial charge in [0.2, 0.25) is 18.5 Å². The SMILES string of the molecule is COC1=C[C@]23CCC(=O)N2CCc2cc4c(cc2[C@@H]3C1=O)OCO4. The molecule has 0 N–H and O–H groups in total. The molecule has 1 aromatic carbocycles. The summed E-state index contributed by atoms with van der Waals surface area (Å²) in [6.07, 6.45) is 3.68. The van der Waals surface area contributed by atoms with Crippen molar-refractivity contribution in [3.63, 3.8) is 0 Å². The number of amides is 1. The third-order valence-corrected chi connectivity index (χ3v) is 5.70. The molecule has 1 amide bonds. The standard InChI is InChI=1S/C18H17NO5/c1-22-14-8-18-4-2-15(20)19(18)5-3-10-6-12-13(24-9-23-12)7-11(10)16(18)17(14)21/h6-8,16H,2-5,9H2,1H3/t16-,18+/m1/s1. The van der Waals surface area contributed by atoms with Crippen LogP contribution in [-0.4, -0.2) is 42.6 Å². The van der Waals surface area contributed by atoms with Crippen molar-refractivity contribution in [1.29, 1.82) is 0 Å². The number of methoxy groups -OCH3 is 1. The number of carbonyl (C=O) groups excluding carboxylic acids is 2. The Morgan fingerprint density at radius 1 is 1.21 bits per heavy atom. The molecule has 0 aromatic heterocycles. The molecule has 4 aliphatic rings. The number of fused-ring (bicyclic) bond motifs is 3. The Labute approximate surface area is 139 Å². The van der Waals surface area contributed by atoms with Gasteiger partial charge in [-0.2, -0.15) is 0 Å². The summed E-state index contributed by atoms with van der Waals surface area (Å²) in [6, 6.07) is 3.87. The van der Waals surface area contributed by atoms with Crippen LogP contribution in [-0.2, 0) is 20.7 Å². The molecule has 3 aliphatic heterocycles. The summed E-state index contributed by atoms with van der Waals surface area (Å²) in [5.41, 5.74) is 1.38. The number of allylic oxidation sites excluding steroid dienone is 1. The lowest BCUT2D eigenvalue weighted by Gasteiger charge is -2.36. The van der Waals surface area contributed by atoms with E-state index < -0.39 is 11.5 Å². The molecule has 1 fully saturated rings. The van der Waals surface area contributed by atoms with Crippen LogP contribution in [0.25, 0.3) is 0 Å². The van der Waals surface area contributed by atoms with Crippen LogP contribution in [0.5, 0.6) is 11.5 Å². The van der Waals surface area contributed by atoms with Gasteiger partial charge in [-0.15, -0.1) is 0 Å². The minimum absolute atomic E-state index is 0.0563. The van der Waals surface area contributed by atoms with Crippen LogP contribution < -0.4 is 9.47 Å². The second-order valence-electron chi connectivity index (χ2n) is 6.70. The zero-order valence-electron chi connectivity index (χ0n) is 13.3. The van der Waals surface area contributed by atoms with E-state index in [0.717, 1.165) is 11.1 Å². The monoisotopic (exact) mass is 327 g/mol. The fraction of sp³-hybridized carbons (Fsp3) is 0.444. The minimum Gasteiger partial charge on any atom is -0.493 e. The lowest BCUT2D eigenvalue weighted by molar-refractivity contribution is -0.131. The Hall–Kier alpha value is -2.50. The molecular formula is C18H17NO5. The summed E-state index contributed by atoms with van der Waals surface area (Å²) in [6.45, 7) is 0.802. The van der Waals surface area contributed by atoms with Crippen molar-refractivity contribution in [3.05, 3.63) is 35.1 Å². The fourth-order valence-corrected chi connectivity index (χ4v) is 4.63. The maximum atomic E-state index is 13.0. The quantitative estimate of drug-likeness (QED) is 0.783. The van der Waals surface area contributed by atoms with E-state index in [4.69, 9.17) is 14.2 Å². The molecule has 1 aromatic rings. The van der Waals surface area contributed by atoms with Crippen LogP contribution in [0.3, 0.4) is 0 Å². The number of rotatable bonds is 1. The average molecular weight is 327 g/mol. The van der Waals surface area contributed by atoms with E-state index in [1.54, 1.807) is 0 Å². The van der Waals surface area contributed by atoms with Gasteiger partial charge in [-0.3, -0.25) is 9.59 Å². The number of ether oxygens (including phenoxy) is 3. The molecule has 0 saturated carbocycles. The highest BCUT2D eigenvalue weighted by atomic mass is 16.7. The Morgan fingerprint density at radius 3 is 2.79 bits per heavy atom. The predicted octanol–water partition coefficient (Wildman–Crippen LogP) is 1.53. The van der Waals surface area contributed by atoms with E-state index in [9.17, 15) is 9.59 Å². The average Bonchev–Trinajstić information content (AvgIpc) is 3.20. The number of carbonyl (C=O) groups is 2. The zero-order valence-corrected chi connectivity index (χ0v) is 13.3. The number of Topliss-reactive ketones (excluding diaryl/α,β-unsaturated/α-hetero) is 1. The Bertz CT molecular complexity index is 814. The summed E-state index contributed by atoms with van der Waals surface area (Å²) in [7, 11) is 1.51. The van der Waals surface area contributed by atoms with Crippen molar-refractivity contribution in [3.8, 4) is 11.5 Å². The van der Waals surface area contributed by atoms with E-state index in [1.165, 1.54) is 7.11 Å². The summed E-state index contributed by atoms with van der Waals surface area (Å²) in [4.78, 5) is 27.3. The lowest BCUT2D eigenvalue weighted by atomic mass is 9.78. The molecule has 1 spiro atoms. The molecule has 1 aliphatic carbocycles. The fourth-order valence-electron chi connectivity index (χ4n) is 4.63. The molecule has 0 bridgehead atoms. The topological polar surface area (TPSA) is 65.1 Å². The lowest BCUT2D eigenvalue weighted by Crippen LogP contribution is -2.47. The van der Waals surface area contributed by atoms with Gasteiger partial charge in [-0.05, 0) is 42.2 Å². The first-order chi connectivity index (χ1) is 11.6. The highest BCUT2D eigenvalue weighted by Crippen LogP contribution is 2.53. The normalized spacial score (nSPS) is 29.8. The Kier molecular flexibility index (Phi) is 2.62. The van der Waals surface area contributed by atoms with E-state index in [1.807, 2.05) is 23.1 Å². The van der Waals surface area contributed by atoms with Crippen LogP contribution in [0, 0.1) is 0 Å².